The average molecular weight is 368 g/mol. The van der Waals surface area contributed by atoms with E-state index in [4.69, 9.17) is 19.0 Å². The molecule has 1 N–H and O–H groups in total. The zero-order valence-electron chi connectivity index (χ0n) is 15.8. The van der Waals surface area contributed by atoms with Crippen LogP contribution in [0.15, 0.2) is 47.6 Å². The summed E-state index contributed by atoms with van der Waals surface area (Å²) in [7, 11) is 5.13. The highest BCUT2D eigenvalue weighted by Crippen LogP contribution is 2.61. The Morgan fingerprint density at radius 3 is 2.59 bits per heavy atom. The summed E-state index contributed by atoms with van der Waals surface area (Å²) in [5.41, 5.74) is 2.56. The number of oxime groups is 1. The Morgan fingerprint density at radius 1 is 1.15 bits per heavy atom. The number of fused-ring (bicyclic) bond motifs is 2. The molecule has 0 radical (unpaired) electrons. The van der Waals surface area contributed by atoms with Crippen LogP contribution in [-0.4, -0.2) is 40.1 Å². The van der Waals surface area contributed by atoms with Gasteiger partial charge in [0.2, 0.25) is 0 Å². The Hall–Kier alpha value is -2.73. The molecule has 1 aliphatic heterocycles. The molecule has 142 valence electrons. The van der Waals surface area contributed by atoms with Gasteiger partial charge in [0.05, 0.1) is 25.8 Å². The van der Waals surface area contributed by atoms with Crippen LogP contribution in [0, 0.1) is 5.92 Å². The molecule has 6 heteroatoms. The van der Waals surface area contributed by atoms with E-state index < -0.39 is 0 Å². The van der Waals surface area contributed by atoms with E-state index in [1.54, 1.807) is 14.2 Å². The molecule has 1 saturated carbocycles. The van der Waals surface area contributed by atoms with Crippen molar-refractivity contribution >= 4 is 5.71 Å². The molecule has 4 rings (SSSR count). The number of ether oxygens (including phenoxy) is 3. The third kappa shape index (κ3) is 3.00. The molecule has 1 heterocycles. The molecule has 6 nitrogen and oxygen atoms in total. The first kappa shape index (κ1) is 17.7. The van der Waals surface area contributed by atoms with Gasteiger partial charge in [0, 0.05) is 24.6 Å². The summed E-state index contributed by atoms with van der Waals surface area (Å²) in [6, 6.07) is 14.1. The molecule has 2 unspecified atom stereocenters. The van der Waals surface area contributed by atoms with Crippen LogP contribution in [0.25, 0.3) is 0 Å². The van der Waals surface area contributed by atoms with E-state index in [2.05, 4.69) is 22.6 Å². The minimum absolute atomic E-state index is 0.153. The van der Waals surface area contributed by atoms with Crippen molar-refractivity contribution in [2.45, 2.75) is 12.0 Å². The Kier molecular flexibility index (Phi) is 4.66. The second-order valence-electron chi connectivity index (χ2n) is 6.73. The van der Waals surface area contributed by atoms with Crippen molar-refractivity contribution < 1.29 is 19.0 Å². The summed E-state index contributed by atoms with van der Waals surface area (Å²) in [4.78, 5) is 5.58. The highest BCUT2D eigenvalue weighted by Gasteiger charge is 2.64. The molecule has 0 spiro atoms. The van der Waals surface area contributed by atoms with Gasteiger partial charge in [0.25, 0.3) is 0 Å². The highest BCUT2D eigenvalue weighted by molar-refractivity contribution is 6.08. The Morgan fingerprint density at radius 2 is 1.89 bits per heavy atom. The summed E-state index contributed by atoms with van der Waals surface area (Å²) in [6.07, 6.45) is 0.866. The lowest BCUT2D eigenvalue weighted by molar-refractivity contribution is 0.139. The second-order valence-corrected chi connectivity index (χ2v) is 6.73. The smallest absolute Gasteiger partial charge is 0.164 e. The Labute approximate surface area is 159 Å². The zero-order valence-corrected chi connectivity index (χ0v) is 15.8. The number of benzene rings is 2. The number of methoxy groups -OCH3 is 2. The normalized spacial score (nSPS) is 23.8. The first-order valence-electron chi connectivity index (χ1n) is 9.09. The van der Waals surface area contributed by atoms with E-state index in [0.717, 1.165) is 35.6 Å². The van der Waals surface area contributed by atoms with Crippen molar-refractivity contribution in [3.8, 4) is 17.2 Å². The fourth-order valence-corrected chi connectivity index (χ4v) is 3.68. The maximum absolute atomic E-state index is 6.49. The summed E-state index contributed by atoms with van der Waals surface area (Å²) in [6.45, 7) is 1.25. The van der Waals surface area contributed by atoms with Gasteiger partial charge in [-0.2, -0.15) is 0 Å². The Bertz CT molecular complexity index is 853. The van der Waals surface area contributed by atoms with Gasteiger partial charge in [-0.05, 0) is 18.7 Å². The fraction of sp³-hybridized carbons (Fsp3) is 0.381. The van der Waals surface area contributed by atoms with Crippen molar-refractivity contribution in [2.24, 2.45) is 11.1 Å². The fourth-order valence-electron chi connectivity index (χ4n) is 3.68. The van der Waals surface area contributed by atoms with Crippen LogP contribution in [0.4, 0.5) is 0 Å². The molecule has 0 bridgehead atoms. The van der Waals surface area contributed by atoms with Crippen LogP contribution in [-0.2, 0) is 10.4 Å². The van der Waals surface area contributed by atoms with Crippen molar-refractivity contribution in [2.75, 3.05) is 34.4 Å². The van der Waals surface area contributed by atoms with Crippen LogP contribution in [0.2, 0.25) is 0 Å². The standard InChI is InChI=1S/C21H24N2O4/c1-22-9-10-26-23-20-15-11-18(24-2)19(25-3)12-17(15)27-21(13-16(20)21)14-7-5-4-6-8-14/h4-8,11-12,16,22H,9-10,13H2,1-3H3/b23-20-. The zero-order chi connectivity index (χ0) is 18.9. The molecule has 2 atom stereocenters. The van der Waals surface area contributed by atoms with Gasteiger partial charge in [-0.1, -0.05) is 35.5 Å². The van der Waals surface area contributed by atoms with E-state index in [1.807, 2.05) is 37.4 Å². The van der Waals surface area contributed by atoms with Crippen LogP contribution in [0.1, 0.15) is 17.5 Å². The van der Waals surface area contributed by atoms with Crippen LogP contribution >= 0.6 is 0 Å². The quantitative estimate of drug-likeness (QED) is 0.601. The maximum Gasteiger partial charge on any atom is 0.164 e. The van der Waals surface area contributed by atoms with Crippen molar-refractivity contribution in [3.05, 3.63) is 53.6 Å². The highest BCUT2D eigenvalue weighted by atomic mass is 16.6. The minimum Gasteiger partial charge on any atom is -0.493 e. The largest absolute Gasteiger partial charge is 0.493 e. The van der Waals surface area contributed by atoms with Crippen molar-refractivity contribution in [1.29, 1.82) is 0 Å². The first-order chi connectivity index (χ1) is 13.2. The summed E-state index contributed by atoms with van der Waals surface area (Å²) in [5, 5.41) is 7.54. The summed E-state index contributed by atoms with van der Waals surface area (Å²) >= 11 is 0. The summed E-state index contributed by atoms with van der Waals surface area (Å²) < 4.78 is 17.4. The lowest BCUT2D eigenvalue weighted by Gasteiger charge is -2.28. The number of nitrogens with one attached hydrogen (secondary N) is 1. The van der Waals surface area contributed by atoms with Gasteiger partial charge in [0.1, 0.15) is 18.0 Å². The number of nitrogens with zero attached hydrogens (tertiary/aromatic N) is 1. The van der Waals surface area contributed by atoms with Crippen LogP contribution in [0.5, 0.6) is 17.2 Å². The third-order valence-corrected chi connectivity index (χ3v) is 5.16. The molecule has 27 heavy (non-hydrogen) atoms. The van der Waals surface area contributed by atoms with E-state index >= 15 is 0 Å². The third-order valence-electron chi connectivity index (χ3n) is 5.16. The number of likely N-dealkylation sites (N-methyl/N-ethyl adjacent to an activating group) is 1. The predicted molar refractivity (Wildman–Crippen MR) is 103 cm³/mol. The maximum atomic E-state index is 6.49. The number of hydrogen-bond donors (Lipinski definition) is 1. The molecule has 0 amide bonds. The van der Waals surface area contributed by atoms with Gasteiger partial charge in [-0.15, -0.1) is 0 Å². The SMILES string of the molecule is CNCCO/N=C1/c2cc(OC)c(OC)cc2OC2(c3ccccc3)CC12. The van der Waals surface area contributed by atoms with E-state index in [0.29, 0.717) is 18.1 Å². The topological polar surface area (TPSA) is 61.3 Å². The lowest BCUT2D eigenvalue weighted by atomic mass is 9.95. The molecular weight excluding hydrogens is 344 g/mol. The summed E-state index contributed by atoms with van der Waals surface area (Å²) in [5.74, 6) is 2.17. The number of hydrogen-bond acceptors (Lipinski definition) is 6. The molecule has 1 fully saturated rings. The van der Waals surface area contributed by atoms with Crippen molar-refractivity contribution in [3.63, 3.8) is 0 Å². The van der Waals surface area contributed by atoms with Crippen LogP contribution in [0.3, 0.4) is 0 Å². The van der Waals surface area contributed by atoms with E-state index in [9.17, 15) is 0 Å². The molecule has 2 aromatic rings. The van der Waals surface area contributed by atoms with Gasteiger partial charge >= 0.3 is 0 Å². The Balaban J connectivity index is 1.76. The van der Waals surface area contributed by atoms with Crippen molar-refractivity contribution in [1.82, 2.24) is 5.32 Å². The molecule has 0 aromatic heterocycles. The van der Waals surface area contributed by atoms with Crippen LogP contribution < -0.4 is 19.5 Å². The molecule has 2 aliphatic rings. The minimum atomic E-state index is -0.390. The second kappa shape index (κ2) is 7.12. The van der Waals surface area contributed by atoms with Gasteiger partial charge in [0.15, 0.2) is 11.5 Å². The predicted octanol–water partition coefficient (Wildman–Crippen LogP) is 2.95. The average Bonchev–Trinajstić information content (AvgIpc) is 3.45. The van der Waals surface area contributed by atoms with Gasteiger partial charge < -0.3 is 24.4 Å². The molecular formula is C21H24N2O4. The number of rotatable bonds is 7. The molecule has 2 aromatic carbocycles. The monoisotopic (exact) mass is 368 g/mol. The molecule has 0 saturated heterocycles. The van der Waals surface area contributed by atoms with Gasteiger partial charge in [-0.3, -0.25) is 0 Å². The first-order valence-corrected chi connectivity index (χ1v) is 9.09. The molecule has 1 aliphatic carbocycles. The lowest BCUT2D eigenvalue weighted by Crippen LogP contribution is -2.28. The van der Waals surface area contributed by atoms with E-state index in [1.165, 1.54) is 0 Å². The van der Waals surface area contributed by atoms with Gasteiger partial charge in [-0.25, -0.2) is 0 Å². The van der Waals surface area contributed by atoms with E-state index in [-0.39, 0.29) is 11.5 Å².